The van der Waals surface area contributed by atoms with Gasteiger partial charge in [0.15, 0.2) is 0 Å². The van der Waals surface area contributed by atoms with E-state index in [1.807, 2.05) is 20.8 Å². The zero-order valence-electron chi connectivity index (χ0n) is 14.8. The molecule has 7 nitrogen and oxygen atoms in total. The third-order valence-electron chi connectivity index (χ3n) is 3.50. The molecule has 0 saturated heterocycles. The highest BCUT2D eigenvalue weighted by atomic mass is 32.1. The van der Waals surface area contributed by atoms with Crippen molar-refractivity contribution in [3.05, 3.63) is 45.9 Å². The van der Waals surface area contributed by atoms with Gasteiger partial charge in [0, 0.05) is 11.1 Å². The third-order valence-corrected chi connectivity index (χ3v) is 4.32. The highest BCUT2D eigenvalue weighted by Gasteiger charge is 2.24. The van der Waals surface area contributed by atoms with E-state index >= 15 is 0 Å². The van der Waals surface area contributed by atoms with E-state index in [4.69, 9.17) is 5.11 Å². The summed E-state index contributed by atoms with van der Waals surface area (Å²) in [6.45, 7) is 5.60. The van der Waals surface area contributed by atoms with Crippen molar-refractivity contribution >= 4 is 34.8 Å². The maximum atomic E-state index is 12.5. The number of anilines is 1. The average Bonchev–Trinajstić information content (AvgIpc) is 3.05. The smallest absolute Gasteiger partial charge is 0.322 e. The molecule has 26 heavy (non-hydrogen) atoms. The fraction of sp³-hybridized carbons (Fsp3) is 0.333. The molecular weight excluding hydrogens is 354 g/mol. The highest BCUT2D eigenvalue weighted by Crippen LogP contribution is 2.27. The molecule has 1 aromatic carbocycles. The summed E-state index contributed by atoms with van der Waals surface area (Å²) in [4.78, 5) is 39.4. The molecule has 2 aromatic rings. The number of thiazole rings is 1. The number of aromatic nitrogens is 1. The van der Waals surface area contributed by atoms with Gasteiger partial charge in [0.25, 0.3) is 5.91 Å². The quantitative estimate of drug-likeness (QED) is 0.719. The number of benzene rings is 1. The molecule has 0 fully saturated rings. The second-order valence-electron chi connectivity index (χ2n) is 6.78. The van der Waals surface area contributed by atoms with Crippen LogP contribution in [0.4, 0.5) is 5.69 Å². The Hall–Kier alpha value is -2.74. The van der Waals surface area contributed by atoms with E-state index in [1.165, 1.54) is 11.3 Å². The standard InChI is InChI=1S/C18H21N3O4S/c1-18(2,3)16-15(26-10-20-16)17(25)21-12-6-4-11(5-7-12)8-13(22)19-9-14(23)24/h4-7,10H,8-9H2,1-3H3,(H,19,22)(H,21,25)(H,23,24). The molecule has 0 bridgehead atoms. The van der Waals surface area contributed by atoms with Crippen molar-refractivity contribution in [2.24, 2.45) is 0 Å². The summed E-state index contributed by atoms with van der Waals surface area (Å²) in [6, 6.07) is 6.84. The third kappa shape index (κ3) is 5.38. The van der Waals surface area contributed by atoms with Gasteiger partial charge in [-0.15, -0.1) is 11.3 Å². The van der Waals surface area contributed by atoms with Crippen molar-refractivity contribution in [3.8, 4) is 0 Å². The van der Waals surface area contributed by atoms with Crippen molar-refractivity contribution in [1.82, 2.24) is 10.3 Å². The van der Waals surface area contributed by atoms with Gasteiger partial charge in [-0.1, -0.05) is 32.9 Å². The molecule has 2 amide bonds. The number of hydrogen-bond donors (Lipinski definition) is 3. The molecular formula is C18H21N3O4S. The molecule has 0 unspecified atom stereocenters. The molecule has 1 heterocycles. The Morgan fingerprint density at radius 2 is 1.81 bits per heavy atom. The van der Waals surface area contributed by atoms with Crippen LogP contribution >= 0.6 is 11.3 Å². The Bertz CT molecular complexity index is 807. The van der Waals surface area contributed by atoms with Crippen LogP contribution in [0.3, 0.4) is 0 Å². The molecule has 0 radical (unpaired) electrons. The first kappa shape index (κ1) is 19.6. The number of nitrogens with zero attached hydrogens (tertiary/aromatic N) is 1. The summed E-state index contributed by atoms with van der Waals surface area (Å²) >= 11 is 1.30. The number of carboxylic acids is 1. The van der Waals surface area contributed by atoms with E-state index in [0.29, 0.717) is 10.6 Å². The van der Waals surface area contributed by atoms with Crippen LogP contribution in [0.1, 0.15) is 41.7 Å². The molecule has 0 atom stereocenters. The lowest BCUT2D eigenvalue weighted by Gasteiger charge is -2.17. The van der Waals surface area contributed by atoms with Gasteiger partial charge in [-0.05, 0) is 17.7 Å². The van der Waals surface area contributed by atoms with Crippen LogP contribution < -0.4 is 10.6 Å². The Labute approximate surface area is 155 Å². The Morgan fingerprint density at radius 3 is 2.38 bits per heavy atom. The van der Waals surface area contributed by atoms with E-state index in [-0.39, 0.29) is 23.7 Å². The van der Waals surface area contributed by atoms with Gasteiger partial charge in [0.2, 0.25) is 5.91 Å². The van der Waals surface area contributed by atoms with E-state index in [0.717, 1.165) is 11.3 Å². The van der Waals surface area contributed by atoms with Crippen LogP contribution in [-0.2, 0) is 21.4 Å². The molecule has 0 spiro atoms. The molecule has 0 aliphatic rings. The fourth-order valence-electron chi connectivity index (χ4n) is 2.26. The van der Waals surface area contributed by atoms with Crippen LogP contribution in [-0.4, -0.2) is 34.4 Å². The van der Waals surface area contributed by atoms with Crippen LogP contribution in [0.2, 0.25) is 0 Å². The predicted molar refractivity (Wildman–Crippen MR) is 99.6 cm³/mol. The fourth-order valence-corrected chi connectivity index (χ4v) is 3.15. The SMILES string of the molecule is CC(C)(C)c1ncsc1C(=O)Nc1ccc(CC(=O)NCC(=O)O)cc1. The molecule has 0 aliphatic heterocycles. The summed E-state index contributed by atoms with van der Waals surface area (Å²) in [7, 11) is 0. The number of aliphatic carboxylic acids is 1. The summed E-state index contributed by atoms with van der Waals surface area (Å²) in [5.74, 6) is -1.68. The molecule has 138 valence electrons. The molecule has 8 heteroatoms. The normalized spacial score (nSPS) is 11.0. The molecule has 0 aliphatic carbocycles. The summed E-state index contributed by atoms with van der Waals surface area (Å²) in [5, 5.41) is 13.7. The zero-order valence-corrected chi connectivity index (χ0v) is 15.6. The lowest BCUT2D eigenvalue weighted by atomic mass is 9.91. The van der Waals surface area contributed by atoms with E-state index in [2.05, 4.69) is 15.6 Å². The summed E-state index contributed by atoms with van der Waals surface area (Å²) in [5.41, 5.74) is 3.53. The number of carbonyl (C=O) groups excluding carboxylic acids is 2. The van der Waals surface area contributed by atoms with Crippen molar-refractivity contribution in [2.75, 3.05) is 11.9 Å². The van der Waals surface area contributed by atoms with Crippen molar-refractivity contribution in [1.29, 1.82) is 0 Å². The molecule has 1 aromatic heterocycles. The Kier molecular flexibility index (Phi) is 6.10. The average molecular weight is 375 g/mol. The topological polar surface area (TPSA) is 108 Å². The van der Waals surface area contributed by atoms with E-state index < -0.39 is 12.5 Å². The predicted octanol–water partition coefficient (Wildman–Crippen LogP) is 2.44. The van der Waals surface area contributed by atoms with Crippen molar-refractivity contribution in [2.45, 2.75) is 32.6 Å². The van der Waals surface area contributed by atoms with Gasteiger partial charge in [-0.3, -0.25) is 14.4 Å². The number of carboxylic acid groups (broad SMARTS) is 1. The molecule has 2 rings (SSSR count). The van der Waals surface area contributed by atoms with Crippen LogP contribution in [0.25, 0.3) is 0 Å². The van der Waals surface area contributed by atoms with Gasteiger partial charge in [0.1, 0.15) is 11.4 Å². The number of nitrogens with one attached hydrogen (secondary N) is 2. The zero-order chi connectivity index (χ0) is 19.3. The summed E-state index contributed by atoms with van der Waals surface area (Å²) < 4.78 is 0. The number of amides is 2. The minimum absolute atomic E-state index is 0.0739. The van der Waals surface area contributed by atoms with Gasteiger partial charge < -0.3 is 15.7 Å². The van der Waals surface area contributed by atoms with Crippen molar-refractivity contribution < 1.29 is 19.5 Å². The first-order chi connectivity index (χ1) is 12.2. The Morgan fingerprint density at radius 1 is 1.15 bits per heavy atom. The molecule has 3 N–H and O–H groups in total. The van der Waals surface area contributed by atoms with Gasteiger partial charge in [0.05, 0.1) is 17.6 Å². The monoisotopic (exact) mass is 375 g/mol. The lowest BCUT2D eigenvalue weighted by molar-refractivity contribution is -0.137. The van der Waals surface area contributed by atoms with Gasteiger partial charge in [-0.2, -0.15) is 0 Å². The second kappa shape index (κ2) is 8.09. The van der Waals surface area contributed by atoms with Crippen LogP contribution in [0.5, 0.6) is 0 Å². The number of hydrogen-bond acceptors (Lipinski definition) is 5. The van der Waals surface area contributed by atoms with Gasteiger partial charge >= 0.3 is 5.97 Å². The Balaban J connectivity index is 1.99. The number of carbonyl (C=O) groups is 3. The lowest BCUT2D eigenvalue weighted by Crippen LogP contribution is -2.30. The van der Waals surface area contributed by atoms with Crippen LogP contribution in [0.15, 0.2) is 29.8 Å². The first-order valence-electron chi connectivity index (χ1n) is 7.99. The maximum Gasteiger partial charge on any atom is 0.322 e. The van der Waals surface area contributed by atoms with Gasteiger partial charge in [-0.25, -0.2) is 4.98 Å². The van der Waals surface area contributed by atoms with Crippen molar-refractivity contribution in [3.63, 3.8) is 0 Å². The number of rotatable bonds is 6. The minimum Gasteiger partial charge on any atom is -0.480 e. The van der Waals surface area contributed by atoms with E-state index in [9.17, 15) is 14.4 Å². The highest BCUT2D eigenvalue weighted by molar-refractivity contribution is 7.12. The second-order valence-corrected chi connectivity index (χ2v) is 7.63. The first-order valence-corrected chi connectivity index (χ1v) is 8.87. The minimum atomic E-state index is -1.09. The van der Waals surface area contributed by atoms with E-state index in [1.54, 1.807) is 29.8 Å². The maximum absolute atomic E-state index is 12.5. The molecule has 0 saturated carbocycles. The largest absolute Gasteiger partial charge is 0.480 e. The van der Waals surface area contributed by atoms with Crippen LogP contribution in [0, 0.1) is 0 Å². The summed E-state index contributed by atoms with van der Waals surface area (Å²) in [6.07, 6.45) is 0.0739.